The molecule has 0 N–H and O–H groups in total. The van der Waals surface area contributed by atoms with Gasteiger partial charge in [-0.15, -0.1) is 0 Å². The van der Waals surface area contributed by atoms with Crippen LogP contribution < -0.4 is 0 Å². The van der Waals surface area contributed by atoms with Gasteiger partial charge >= 0.3 is 0 Å². The first kappa shape index (κ1) is 16.0. The van der Waals surface area contributed by atoms with Crippen LogP contribution in [0, 0.1) is 11.8 Å². The maximum absolute atomic E-state index is 12.1. The Morgan fingerprint density at radius 1 is 1.16 bits per heavy atom. The summed E-state index contributed by atoms with van der Waals surface area (Å²) in [6.45, 7) is 11.3. The number of nitrogens with zero attached hydrogens (tertiary/aromatic N) is 1. The second-order valence-corrected chi connectivity index (χ2v) is 6.04. The van der Waals surface area contributed by atoms with Crippen LogP contribution in [0.15, 0.2) is 22.8 Å². The van der Waals surface area contributed by atoms with E-state index in [2.05, 4.69) is 32.6 Å². The van der Waals surface area contributed by atoms with Crippen molar-refractivity contribution in [3.63, 3.8) is 0 Å². The minimum absolute atomic E-state index is 0.0810. The van der Waals surface area contributed by atoms with Gasteiger partial charge in [0.25, 0.3) is 0 Å². The molecule has 0 saturated carbocycles. The van der Waals surface area contributed by atoms with Crippen LogP contribution >= 0.6 is 0 Å². The van der Waals surface area contributed by atoms with E-state index < -0.39 is 0 Å². The highest BCUT2D eigenvalue weighted by molar-refractivity contribution is 5.94. The summed E-state index contributed by atoms with van der Waals surface area (Å²) in [6, 6.07) is 3.51. The molecule has 0 aromatic carbocycles. The zero-order valence-electron chi connectivity index (χ0n) is 12.7. The average molecular weight is 265 g/mol. The van der Waals surface area contributed by atoms with Crippen molar-refractivity contribution in [2.45, 2.75) is 40.5 Å². The lowest BCUT2D eigenvalue weighted by molar-refractivity contribution is 0.0895. The molecule has 3 heteroatoms. The molecule has 0 fully saturated rings. The number of Topliss-reactive ketones (excluding diaryl/α,β-unsaturated/α-hetero) is 1. The van der Waals surface area contributed by atoms with E-state index in [1.165, 1.54) is 0 Å². The van der Waals surface area contributed by atoms with Crippen LogP contribution in [-0.2, 0) is 0 Å². The van der Waals surface area contributed by atoms with Gasteiger partial charge in [0.05, 0.1) is 12.8 Å². The van der Waals surface area contributed by atoms with Crippen molar-refractivity contribution in [2.75, 3.05) is 19.6 Å². The van der Waals surface area contributed by atoms with Crippen molar-refractivity contribution >= 4 is 5.78 Å². The van der Waals surface area contributed by atoms with E-state index in [-0.39, 0.29) is 5.78 Å². The highest BCUT2D eigenvalue weighted by Crippen LogP contribution is 2.09. The number of ketones is 1. The van der Waals surface area contributed by atoms with Gasteiger partial charge in [0.2, 0.25) is 5.78 Å². The third-order valence-corrected chi connectivity index (χ3v) is 3.21. The Hall–Kier alpha value is -1.09. The smallest absolute Gasteiger partial charge is 0.211 e. The van der Waals surface area contributed by atoms with Crippen molar-refractivity contribution in [3.8, 4) is 0 Å². The minimum Gasteiger partial charge on any atom is -0.461 e. The molecule has 0 aliphatic carbocycles. The molecule has 108 valence electrons. The third kappa shape index (κ3) is 6.58. The molecule has 1 heterocycles. The van der Waals surface area contributed by atoms with Crippen molar-refractivity contribution < 1.29 is 9.21 Å². The summed E-state index contributed by atoms with van der Waals surface area (Å²) in [7, 11) is 0. The van der Waals surface area contributed by atoms with Crippen LogP contribution in [0.1, 0.15) is 51.1 Å². The van der Waals surface area contributed by atoms with E-state index in [1.807, 2.05) is 0 Å². The molecule has 0 saturated heterocycles. The van der Waals surface area contributed by atoms with Gasteiger partial charge in [-0.25, -0.2) is 0 Å². The van der Waals surface area contributed by atoms with E-state index in [4.69, 9.17) is 4.42 Å². The summed E-state index contributed by atoms with van der Waals surface area (Å²) >= 11 is 0. The van der Waals surface area contributed by atoms with Gasteiger partial charge in [0.15, 0.2) is 5.76 Å². The van der Waals surface area contributed by atoms with Gasteiger partial charge in [0, 0.05) is 0 Å². The summed E-state index contributed by atoms with van der Waals surface area (Å²) in [5.41, 5.74) is 0. The van der Waals surface area contributed by atoms with Crippen molar-refractivity contribution in [1.29, 1.82) is 0 Å². The van der Waals surface area contributed by atoms with Gasteiger partial charge in [-0.05, 0) is 49.9 Å². The molecule has 0 radical (unpaired) electrons. The molecule has 0 unspecified atom stereocenters. The summed E-state index contributed by atoms with van der Waals surface area (Å²) in [5.74, 6) is 1.89. The lowest BCUT2D eigenvalue weighted by atomic mass is 10.1. The number of hydrogen-bond acceptors (Lipinski definition) is 3. The normalized spacial score (nSPS) is 11.7. The van der Waals surface area contributed by atoms with Crippen LogP contribution in [-0.4, -0.2) is 30.3 Å². The zero-order chi connectivity index (χ0) is 14.3. The van der Waals surface area contributed by atoms with E-state index >= 15 is 0 Å². The summed E-state index contributed by atoms with van der Waals surface area (Å²) < 4.78 is 5.17. The fourth-order valence-electron chi connectivity index (χ4n) is 1.87. The topological polar surface area (TPSA) is 33.5 Å². The zero-order valence-corrected chi connectivity index (χ0v) is 12.7. The first-order chi connectivity index (χ1) is 8.99. The lowest BCUT2D eigenvalue weighted by Gasteiger charge is -2.23. The Balaban J connectivity index is 2.49. The average Bonchev–Trinajstić information content (AvgIpc) is 2.85. The lowest BCUT2D eigenvalue weighted by Crippen LogP contribution is -2.33. The second kappa shape index (κ2) is 8.16. The van der Waals surface area contributed by atoms with Gasteiger partial charge in [-0.2, -0.15) is 0 Å². The number of carbonyl (C=O) groups excluding carboxylic acids is 1. The van der Waals surface area contributed by atoms with Crippen molar-refractivity contribution in [1.82, 2.24) is 4.90 Å². The van der Waals surface area contributed by atoms with Crippen LogP contribution in [0.25, 0.3) is 0 Å². The molecular formula is C16H27NO2. The molecule has 1 aromatic rings. The monoisotopic (exact) mass is 265 g/mol. The Labute approximate surface area is 117 Å². The summed E-state index contributed by atoms with van der Waals surface area (Å²) in [4.78, 5) is 14.3. The van der Waals surface area contributed by atoms with Gasteiger partial charge in [0.1, 0.15) is 0 Å². The Kier molecular flexibility index (Phi) is 6.85. The van der Waals surface area contributed by atoms with Crippen LogP contribution in [0.3, 0.4) is 0 Å². The molecule has 1 aromatic heterocycles. The molecule has 0 aliphatic heterocycles. The first-order valence-corrected chi connectivity index (χ1v) is 7.28. The van der Waals surface area contributed by atoms with Crippen LogP contribution in [0.2, 0.25) is 0 Å². The molecular weight excluding hydrogens is 238 g/mol. The van der Waals surface area contributed by atoms with Crippen molar-refractivity contribution in [2.24, 2.45) is 11.8 Å². The molecule has 3 nitrogen and oxygen atoms in total. The van der Waals surface area contributed by atoms with Crippen molar-refractivity contribution in [3.05, 3.63) is 24.2 Å². The molecule has 0 bridgehead atoms. The predicted octanol–water partition coefficient (Wildman–Crippen LogP) is 3.86. The second-order valence-electron chi connectivity index (χ2n) is 6.04. The molecule has 0 aliphatic rings. The van der Waals surface area contributed by atoms with E-state index in [1.54, 1.807) is 18.4 Å². The largest absolute Gasteiger partial charge is 0.461 e. The maximum atomic E-state index is 12.1. The van der Waals surface area contributed by atoms with Gasteiger partial charge in [-0.1, -0.05) is 27.7 Å². The predicted molar refractivity (Wildman–Crippen MR) is 78.4 cm³/mol. The fraction of sp³-hybridized carbons (Fsp3) is 0.688. The number of furan rings is 1. The fourth-order valence-corrected chi connectivity index (χ4v) is 1.87. The number of hydrogen-bond donors (Lipinski definition) is 0. The molecule has 1 rings (SSSR count). The molecule has 19 heavy (non-hydrogen) atoms. The molecule has 0 atom stereocenters. The van der Waals surface area contributed by atoms with Gasteiger partial charge in [-0.3, -0.25) is 9.69 Å². The van der Waals surface area contributed by atoms with E-state index in [0.717, 1.165) is 25.9 Å². The minimum atomic E-state index is 0.0810. The molecule has 0 spiro atoms. The Morgan fingerprint density at radius 3 is 2.16 bits per heavy atom. The van der Waals surface area contributed by atoms with Gasteiger partial charge < -0.3 is 4.42 Å². The Bertz CT molecular complexity index is 343. The Morgan fingerprint density at radius 2 is 1.74 bits per heavy atom. The van der Waals surface area contributed by atoms with E-state index in [9.17, 15) is 4.79 Å². The maximum Gasteiger partial charge on any atom is 0.211 e. The third-order valence-electron chi connectivity index (χ3n) is 3.21. The summed E-state index contributed by atoms with van der Waals surface area (Å²) in [5, 5.41) is 0. The highest BCUT2D eigenvalue weighted by atomic mass is 16.3. The highest BCUT2D eigenvalue weighted by Gasteiger charge is 2.15. The standard InChI is InChI=1S/C16H27NO2/c1-13(2)7-9-17(10-8-14(3)4)12-15(18)16-6-5-11-19-16/h5-6,11,13-14H,7-10,12H2,1-4H3. The molecule has 0 amide bonds. The summed E-state index contributed by atoms with van der Waals surface area (Å²) in [6.07, 6.45) is 3.81. The number of rotatable bonds is 9. The van der Waals surface area contributed by atoms with Crippen LogP contribution in [0.5, 0.6) is 0 Å². The SMILES string of the molecule is CC(C)CCN(CCC(C)C)CC(=O)c1ccco1. The quantitative estimate of drug-likeness (QED) is 0.636. The van der Waals surface area contributed by atoms with E-state index in [0.29, 0.717) is 24.1 Å². The number of carbonyl (C=O) groups is 1. The first-order valence-electron chi connectivity index (χ1n) is 7.28. The van der Waals surface area contributed by atoms with Crippen LogP contribution in [0.4, 0.5) is 0 Å².